The molecule has 0 heterocycles. The van der Waals surface area contributed by atoms with Crippen LogP contribution in [-0.2, 0) is 16.8 Å². The highest BCUT2D eigenvalue weighted by Crippen LogP contribution is 2.33. The number of rotatable bonds is 3. The maximum absolute atomic E-state index is 13.4. The number of carbonyl (C=O) groups excluding carboxylic acids is 1. The second-order valence-corrected chi connectivity index (χ2v) is 5.55. The molecule has 4 nitrogen and oxygen atoms in total. The fourth-order valence-electron chi connectivity index (χ4n) is 2.95. The molecular weight excluding hydrogens is 316 g/mol. The summed E-state index contributed by atoms with van der Waals surface area (Å²) in [6.45, 7) is 0. The van der Waals surface area contributed by atoms with Crippen molar-refractivity contribution in [2.75, 3.05) is 0 Å². The number of fused-ring (bicyclic) bond motifs is 1. The summed E-state index contributed by atoms with van der Waals surface area (Å²) in [5.74, 6) is -1.37. The van der Waals surface area contributed by atoms with Crippen LogP contribution in [0.2, 0.25) is 0 Å². The number of amides is 1. The number of allylic oxidation sites excluding steroid dienone is 1. The van der Waals surface area contributed by atoms with Gasteiger partial charge < -0.3 is 10.4 Å². The van der Waals surface area contributed by atoms with E-state index in [1.165, 1.54) is 18.2 Å². The van der Waals surface area contributed by atoms with Gasteiger partial charge in [-0.2, -0.15) is 0 Å². The number of hydrogen-bond donors (Lipinski definition) is 2. The number of carboxylic acid groups (broad SMARTS) is 1. The Hall–Kier alpha value is -3.02. The Morgan fingerprint density at radius 3 is 2.46 bits per heavy atom. The van der Waals surface area contributed by atoms with Gasteiger partial charge in [0, 0.05) is 6.07 Å². The van der Waals surface area contributed by atoms with Gasteiger partial charge in [-0.3, -0.25) is 4.79 Å². The average molecular weight is 329 g/mol. The monoisotopic (exact) mass is 329 g/mol. The fraction of sp³-hybridized carbons (Fsp3) is 0.111. The van der Waals surface area contributed by atoms with Crippen LogP contribution in [0.15, 0.2) is 48.6 Å². The fourth-order valence-corrected chi connectivity index (χ4v) is 2.95. The van der Waals surface area contributed by atoms with Crippen LogP contribution in [-0.4, -0.2) is 17.5 Å². The molecule has 2 aromatic carbocycles. The van der Waals surface area contributed by atoms with Crippen LogP contribution in [0.5, 0.6) is 0 Å². The quantitative estimate of drug-likeness (QED) is 0.670. The summed E-state index contributed by atoms with van der Waals surface area (Å²) in [5.41, 5.74) is 0.708. The lowest BCUT2D eigenvalue weighted by Crippen LogP contribution is -2.46. The van der Waals surface area contributed by atoms with E-state index in [4.69, 9.17) is 5.11 Å². The third-order valence-corrected chi connectivity index (χ3v) is 3.96. The van der Waals surface area contributed by atoms with Crippen molar-refractivity contribution in [3.8, 4) is 11.1 Å². The molecule has 0 spiro atoms. The van der Waals surface area contributed by atoms with E-state index < -0.39 is 23.3 Å². The van der Waals surface area contributed by atoms with E-state index in [0.29, 0.717) is 35.0 Å². The molecule has 2 N–H and O–H groups in total. The number of carbonyl (C=O) groups is 2. The van der Waals surface area contributed by atoms with E-state index in [0.717, 1.165) is 6.07 Å². The van der Waals surface area contributed by atoms with E-state index >= 15 is 0 Å². The Kier molecular flexibility index (Phi) is 3.89. The smallest absolute Gasteiger partial charge is 0.405 e. The minimum absolute atomic E-state index is 0.368. The molecule has 3 rings (SSSR count). The van der Waals surface area contributed by atoms with Crippen molar-refractivity contribution >= 4 is 12.4 Å². The van der Waals surface area contributed by atoms with Crippen LogP contribution < -0.4 is 5.32 Å². The molecule has 1 aliphatic carbocycles. The largest absolute Gasteiger partial charge is 0.465 e. The van der Waals surface area contributed by atoms with Gasteiger partial charge in [-0.25, -0.2) is 13.6 Å². The van der Waals surface area contributed by atoms with Crippen LogP contribution >= 0.6 is 0 Å². The Balaban J connectivity index is 2.09. The van der Waals surface area contributed by atoms with Crippen molar-refractivity contribution in [1.29, 1.82) is 0 Å². The lowest BCUT2D eigenvalue weighted by atomic mass is 9.81. The van der Waals surface area contributed by atoms with Crippen molar-refractivity contribution in [2.45, 2.75) is 12.0 Å². The van der Waals surface area contributed by atoms with E-state index in [-0.39, 0.29) is 0 Å². The molecule has 0 saturated carbocycles. The standard InChI is InChI=1S/C18H13F2NO3/c19-14-7-13(8-15(20)9-14)11-3-4-16-12(6-11)2-1-5-18(16,10-22)21-17(23)24/h1,3-10,21H,2H2,(H,23,24)/t18-/m1/s1. The van der Waals surface area contributed by atoms with Gasteiger partial charge in [-0.15, -0.1) is 0 Å². The minimum Gasteiger partial charge on any atom is -0.465 e. The summed E-state index contributed by atoms with van der Waals surface area (Å²) in [5, 5.41) is 11.2. The Bertz CT molecular complexity index is 843. The van der Waals surface area contributed by atoms with Gasteiger partial charge in [0.2, 0.25) is 0 Å². The maximum atomic E-state index is 13.4. The molecule has 0 radical (unpaired) electrons. The number of halogens is 2. The van der Waals surface area contributed by atoms with Crippen LogP contribution in [0.1, 0.15) is 11.1 Å². The Labute approximate surface area is 136 Å². The topological polar surface area (TPSA) is 66.4 Å². The predicted octanol–water partition coefficient (Wildman–Crippen LogP) is 3.41. The van der Waals surface area contributed by atoms with Crippen molar-refractivity contribution in [1.82, 2.24) is 5.32 Å². The predicted molar refractivity (Wildman–Crippen MR) is 83.5 cm³/mol. The van der Waals surface area contributed by atoms with E-state index in [9.17, 15) is 18.4 Å². The normalized spacial score (nSPS) is 18.8. The molecule has 0 unspecified atom stereocenters. The zero-order valence-corrected chi connectivity index (χ0v) is 12.4. The molecule has 0 saturated heterocycles. The van der Waals surface area contributed by atoms with Gasteiger partial charge >= 0.3 is 6.09 Å². The van der Waals surface area contributed by atoms with E-state index in [1.54, 1.807) is 24.3 Å². The summed E-state index contributed by atoms with van der Waals surface area (Å²) in [7, 11) is 0. The molecule has 0 fully saturated rings. The van der Waals surface area contributed by atoms with Crippen LogP contribution in [0.25, 0.3) is 11.1 Å². The molecule has 0 bridgehead atoms. The van der Waals surface area contributed by atoms with Crippen molar-refractivity contribution in [3.63, 3.8) is 0 Å². The zero-order valence-electron chi connectivity index (χ0n) is 12.4. The van der Waals surface area contributed by atoms with Gasteiger partial charge in [0.05, 0.1) is 0 Å². The maximum Gasteiger partial charge on any atom is 0.405 e. The molecule has 0 aliphatic heterocycles. The number of nitrogens with one attached hydrogen (secondary N) is 1. The summed E-state index contributed by atoms with van der Waals surface area (Å²) in [4.78, 5) is 22.6. The summed E-state index contributed by atoms with van der Waals surface area (Å²) in [6.07, 6.45) is 2.87. The first-order valence-electron chi connectivity index (χ1n) is 7.18. The number of hydrogen-bond acceptors (Lipinski definition) is 2. The molecule has 1 amide bonds. The highest BCUT2D eigenvalue weighted by atomic mass is 19.1. The summed E-state index contributed by atoms with van der Waals surface area (Å²) in [6, 6.07) is 8.13. The van der Waals surface area contributed by atoms with Gasteiger partial charge in [0.15, 0.2) is 6.29 Å². The summed E-state index contributed by atoms with van der Waals surface area (Å²) >= 11 is 0. The van der Waals surface area contributed by atoms with Crippen molar-refractivity contribution in [2.24, 2.45) is 0 Å². The third kappa shape index (κ3) is 2.78. The van der Waals surface area contributed by atoms with E-state index in [1.807, 2.05) is 0 Å². The second-order valence-electron chi connectivity index (χ2n) is 5.55. The van der Waals surface area contributed by atoms with Crippen LogP contribution in [0.4, 0.5) is 13.6 Å². The molecule has 122 valence electrons. The highest BCUT2D eigenvalue weighted by molar-refractivity contribution is 5.81. The van der Waals surface area contributed by atoms with Crippen molar-refractivity contribution < 1.29 is 23.5 Å². The Morgan fingerprint density at radius 1 is 1.12 bits per heavy atom. The molecule has 24 heavy (non-hydrogen) atoms. The first-order chi connectivity index (χ1) is 11.4. The second kappa shape index (κ2) is 5.88. The average Bonchev–Trinajstić information content (AvgIpc) is 2.53. The van der Waals surface area contributed by atoms with E-state index in [2.05, 4.69) is 5.32 Å². The zero-order chi connectivity index (χ0) is 17.3. The molecular formula is C18H13F2NO3. The molecule has 6 heteroatoms. The van der Waals surface area contributed by atoms with Crippen LogP contribution in [0, 0.1) is 11.6 Å². The first kappa shape index (κ1) is 15.9. The lowest BCUT2D eigenvalue weighted by molar-refractivity contribution is -0.112. The lowest BCUT2D eigenvalue weighted by Gasteiger charge is -2.30. The van der Waals surface area contributed by atoms with Gasteiger partial charge in [-0.05, 0) is 40.8 Å². The van der Waals surface area contributed by atoms with Crippen molar-refractivity contribution in [3.05, 3.63) is 71.3 Å². The molecule has 2 aromatic rings. The Morgan fingerprint density at radius 2 is 1.83 bits per heavy atom. The molecule has 0 aromatic heterocycles. The number of benzene rings is 2. The minimum atomic E-state index is -1.45. The van der Waals surface area contributed by atoms with Gasteiger partial charge in [-0.1, -0.05) is 30.4 Å². The van der Waals surface area contributed by atoms with Gasteiger partial charge in [0.1, 0.15) is 17.2 Å². The third-order valence-electron chi connectivity index (χ3n) is 3.96. The van der Waals surface area contributed by atoms with Crippen LogP contribution in [0.3, 0.4) is 0 Å². The van der Waals surface area contributed by atoms with Gasteiger partial charge in [0.25, 0.3) is 0 Å². The first-order valence-corrected chi connectivity index (χ1v) is 7.18. The highest BCUT2D eigenvalue weighted by Gasteiger charge is 2.35. The number of aldehydes is 1. The SMILES string of the molecule is O=C[C@]1(NC(=O)O)C=CCc2cc(-c3cc(F)cc(F)c3)ccc21. The summed E-state index contributed by atoms with van der Waals surface area (Å²) < 4.78 is 26.8. The molecule has 1 atom stereocenters. The molecule has 1 aliphatic rings.